The molecule has 1 N–H and O–H groups in total. The van der Waals surface area contributed by atoms with Gasteiger partial charge in [0.25, 0.3) is 10.0 Å². The summed E-state index contributed by atoms with van der Waals surface area (Å²) in [6.07, 6.45) is 0. The van der Waals surface area contributed by atoms with Crippen molar-refractivity contribution in [2.24, 2.45) is 0 Å². The highest BCUT2D eigenvalue weighted by Gasteiger charge is 2.32. The Labute approximate surface area is 234 Å². The van der Waals surface area contributed by atoms with E-state index in [0.717, 1.165) is 15.4 Å². The van der Waals surface area contributed by atoms with E-state index >= 15 is 0 Å². The number of aryl methyl sites for hydroxylation is 1. The van der Waals surface area contributed by atoms with Gasteiger partial charge >= 0.3 is 0 Å². The molecule has 0 saturated heterocycles. The summed E-state index contributed by atoms with van der Waals surface area (Å²) in [5, 5.41) is 3.76. The van der Waals surface area contributed by atoms with Gasteiger partial charge in [0.05, 0.1) is 10.6 Å². The summed E-state index contributed by atoms with van der Waals surface area (Å²) in [4.78, 5) is 28.1. The largest absolute Gasteiger partial charge is 0.352 e. The van der Waals surface area contributed by atoms with E-state index in [1.165, 1.54) is 29.2 Å². The van der Waals surface area contributed by atoms with Crippen LogP contribution in [0.15, 0.2) is 77.7 Å². The number of hydrogen-bond donors (Lipinski definition) is 1. The molecule has 10 heteroatoms. The molecule has 0 spiro atoms. The zero-order chi connectivity index (χ0) is 28.0. The maximum atomic E-state index is 13.8. The fourth-order valence-corrected chi connectivity index (χ4v) is 5.41. The van der Waals surface area contributed by atoms with Gasteiger partial charge in [-0.3, -0.25) is 13.9 Å². The Hall–Kier alpha value is -3.07. The molecule has 1 unspecified atom stereocenters. The SMILES string of the molecule is Cc1ccc(N(CC(=O)N(Cc2ccc(Cl)cc2)C(C)C(=O)NC(C)C)S(=O)(=O)c2ccc(Cl)cc2)cc1. The monoisotopic (exact) mass is 575 g/mol. The van der Waals surface area contributed by atoms with Crippen LogP contribution in [0.1, 0.15) is 31.9 Å². The normalized spacial score (nSPS) is 12.2. The molecule has 3 aromatic carbocycles. The summed E-state index contributed by atoms with van der Waals surface area (Å²) in [5.74, 6) is -0.880. The molecule has 0 aliphatic carbocycles. The Morgan fingerprint density at radius 3 is 1.89 bits per heavy atom. The van der Waals surface area contributed by atoms with Crippen molar-refractivity contribution in [1.82, 2.24) is 10.2 Å². The van der Waals surface area contributed by atoms with Gasteiger partial charge in [-0.1, -0.05) is 53.0 Å². The van der Waals surface area contributed by atoms with E-state index in [1.807, 2.05) is 20.8 Å². The van der Waals surface area contributed by atoms with Crippen molar-refractivity contribution in [3.05, 3.63) is 94.0 Å². The van der Waals surface area contributed by atoms with Gasteiger partial charge in [0, 0.05) is 22.6 Å². The van der Waals surface area contributed by atoms with Crippen LogP contribution < -0.4 is 9.62 Å². The van der Waals surface area contributed by atoms with Crippen LogP contribution in [0, 0.1) is 6.92 Å². The number of rotatable bonds is 10. The van der Waals surface area contributed by atoms with E-state index < -0.39 is 28.5 Å². The van der Waals surface area contributed by atoms with Gasteiger partial charge in [0.1, 0.15) is 12.6 Å². The maximum Gasteiger partial charge on any atom is 0.264 e. The van der Waals surface area contributed by atoms with Crippen LogP contribution in [0.2, 0.25) is 10.0 Å². The van der Waals surface area contributed by atoms with Gasteiger partial charge in [-0.25, -0.2) is 8.42 Å². The molecule has 202 valence electrons. The van der Waals surface area contributed by atoms with Gasteiger partial charge in [-0.05, 0) is 81.8 Å². The number of carbonyl (C=O) groups is 2. The third-order valence-electron chi connectivity index (χ3n) is 5.87. The van der Waals surface area contributed by atoms with E-state index in [4.69, 9.17) is 23.2 Å². The molecule has 0 radical (unpaired) electrons. The molecule has 0 aromatic heterocycles. The van der Waals surface area contributed by atoms with Crippen molar-refractivity contribution in [1.29, 1.82) is 0 Å². The first-order valence-corrected chi connectivity index (χ1v) is 14.3. The minimum Gasteiger partial charge on any atom is -0.352 e. The molecule has 1 atom stereocenters. The summed E-state index contributed by atoms with van der Waals surface area (Å²) in [6.45, 7) is 6.74. The number of nitrogens with zero attached hydrogens (tertiary/aromatic N) is 2. The van der Waals surface area contributed by atoms with Gasteiger partial charge < -0.3 is 10.2 Å². The van der Waals surface area contributed by atoms with Crippen molar-refractivity contribution in [3.8, 4) is 0 Å². The average molecular weight is 577 g/mol. The van der Waals surface area contributed by atoms with E-state index in [2.05, 4.69) is 5.32 Å². The lowest BCUT2D eigenvalue weighted by molar-refractivity contribution is -0.139. The first-order valence-electron chi connectivity index (χ1n) is 12.1. The Balaban J connectivity index is 2.02. The molecule has 3 aromatic rings. The number of hydrogen-bond acceptors (Lipinski definition) is 4. The van der Waals surface area contributed by atoms with Crippen LogP contribution >= 0.6 is 23.2 Å². The molecule has 2 amide bonds. The first kappa shape index (κ1) is 29.5. The minimum atomic E-state index is -4.15. The Bertz CT molecular complexity index is 1360. The molecule has 0 bridgehead atoms. The smallest absolute Gasteiger partial charge is 0.264 e. The molecule has 0 fully saturated rings. The van der Waals surface area contributed by atoms with Crippen LogP contribution in [0.5, 0.6) is 0 Å². The highest BCUT2D eigenvalue weighted by Crippen LogP contribution is 2.26. The molecule has 0 heterocycles. The van der Waals surface area contributed by atoms with Crippen LogP contribution in [0.25, 0.3) is 0 Å². The maximum absolute atomic E-state index is 13.8. The third-order valence-corrected chi connectivity index (χ3v) is 8.16. The van der Waals surface area contributed by atoms with Crippen molar-refractivity contribution < 1.29 is 18.0 Å². The first-order chi connectivity index (χ1) is 17.9. The van der Waals surface area contributed by atoms with Crippen LogP contribution in [0.3, 0.4) is 0 Å². The Morgan fingerprint density at radius 1 is 0.842 bits per heavy atom. The summed E-state index contributed by atoms with van der Waals surface area (Å²) < 4.78 is 28.6. The van der Waals surface area contributed by atoms with Crippen molar-refractivity contribution >= 4 is 50.7 Å². The number of benzene rings is 3. The second-order valence-corrected chi connectivity index (χ2v) is 12.0. The minimum absolute atomic E-state index is 0.00914. The number of nitrogens with one attached hydrogen (secondary N) is 1. The lowest BCUT2D eigenvalue weighted by Crippen LogP contribution is -2.52. The molecule has 0 aliphatic rings. The van der Waals surface area contributed by atoms with Crippen molar-refractivity contribution in [2.45, 2.75) is 51.2 Å². The fraction of sp³-hybridized carbons (Fsp3) is 0.286. The summed E-state index contributed by atoms with van der Waals surface area (Å²) >= 11 is 12.0. The molecule has 0 saturated carbocycles. The molecule has 38 heavy (non-hydrogen) atoms. The second kappa shape index (κ2) is 12.7. The number of halogens is 2. The lowest BCUT2D eigenvalue weighted by Gasteiger charge is -2.32. The van der Waals surface area contributed by atoms with Crippen LogP contribution in [-0.2, 0) is 26.2 Å². The zero-order valence-corrected chi connectivity index (χ0v) is 24.0. The van der Waals surface area contributed by atoms with Gasteiger partial charge in [-0.15, -0.1) is 0 Å². The predicted octanol–water partition coefficient (Wildman–Crippen LogP) is 5.44. The standard InChI is InChI=1S/C28H31Cl2N3O4S/c1-19(2)31-28(35)21(4)32(17-22-7-9-23(29)10-8-22)27(34)18-33(25-13-5-20(3)6-14-25)38(36,37)26-15-11-24(30)12-16-26/h5-16,19,21H,17-18H2,1-4H3,(H,31,35). The number of carbonyl (C=O) groups excluding carboxylic acids is 2. The van der Waals surface area contributed by atoms with Crippen LogP contribution in [0.4, 0.5) is 5.69 Å². The number of amides is 2. The van der Waals surface area contributed by atoms with Crippen molar-refractivity contribution in [3.63, 3.8) is 0 Å². The Morgan fingerprint density at radius 2 is 1.37 bits per heavy atom. The predicted molar refractivity (Wildman–Crippen MR) is 152 cm³/mol. The third kappa shape index (κ3) is 7.49. The second-order valence-electron chi connectivity index (χ2n) is 9.29. The summed E-state index contributed by atoms with van der Waals surface area (Å²) in [6, 6.07) is 18.5. The number of sulfonamides is 1. The summed E-state index contributed by atoms with van der Waals surface area (Å²) in [5.41, 5.74) is 2.01. The number of anilines is 1. The van der Waals surface area contributed by atoms with Gasteiger partial charge in [0.15, 0.2) is 0 Å². The lowest BCUT2D eigenvalue weighted by atomic mass is 10.1. The van der Waals surface area contributed by atoms with Gasteiger partial charge in [-0.2, -0.15) is 0 Å². The molecule has 7 nitrogen and oxygen atoms in total. The van der Waals surface area contributed by atoms with E-state index in [9.17, 15) is 18.0 Å². The molecule has 3 rings (SSSR count). The van der Waals surface area contributed by atoms with E-state index in [1.54, 1.807) is 55.5 Å². The summed E-state index contributed by atoms with van der Waals surface area (Å²) in [7, 11) is -4.15. The zero-order valence-electron chi connectivity index (χ0n) is 21.7. The molecular weight excluding hydrogens is 545 g/mol. The highest BCUT2D eigenvalue weighted by atomic mass is 35.5. The molecular formula is C28H31Cl2N3O4S. The van der Waals surface area contributed by atoms with Crippen molar-refractivity contribution in [2.75, 3.05) is 10.8 Å². The topological polar surface area (TPSA) is 86.8 Å². The fourth-order valence-electron chi connectivity index (χ4n) is 3.75. The average Bonchev–Trinajstić information content (AvgIpc) is 2.87. The molecule has 0 aliphatic heterocycles. The van der Waals surface area contributed by atoms with E-state index in [0.29, 0.717) is 15.7 Å². The highest BCUT2D eigenvalue weighted by molar-refractivity contribution is 7.92. The quantitative estimate of drug-likeness (QED) is 0.348. The Kier molecular flexibility index (Phi) is 9.82. The van der Waals surface area contributed by atoms with E-state index in [-0.39, 0.29) is 23.4 Å². The van der Waals surface area contributed by atoms with Crippen LogP contribution in [-0.4, -0.2) is 43.8 Å². The van der Waals surface area contributed by atoms with Gasteiger partial charge in [0.2, 0.25) is 11.8 Å².